The SMILES string of the molecule is c1ccc(-c2nc(-c3cccc(-c4cccc5oc6cnccc6c45)c3)nc(-c3cccc(-n4c5ccccc5c5ccccc54)c3)n2)cc1. The van der Waals surface area contributed by atoms with Gasteiger partial charge in [0.05, 0.1) is 17.2 Å². The lowest BCUT2D eigenvalue weighted by molar-refractivity contribution is 0.667. The van der Waals surface area contributed by atoms with Gasteiger partial charge in [-0.2, -0.15) is 0 Å². The van der Waals surface area contributed by atoms with Crippen molar-refractivity contribution < 1.29 is 4.42 Å². The molecule has 10 rings (SSSR count). The Morgan fingerprint density at radius 2 is 1.04 bits per heavy atom. The van der Waals surface area contributed by atoms with E-state index in [4.69, 9.17) is 19.4 Å². The van der Waals surface area contributed by atoms with Crippen molar-refractivity contribution in [2.75, 3.05) is 0 Å². The lowest BCUT2D eigenvalue weighted by Crippen LogP contribution is -2.01. The first-order valence-corrected chi connectivity index (χ1v) is 16.5. The van der Waals surface area contributed by atoms with Crippen molar-refractivity contribution in [1.29, 1.82) is 0 Å². The van der Waals surface area contributed by atoms with Crippen LogP contribution >= 0.6 is 0 Å². The van der Waals surface area contributed by atoms with Crippen molar-refractivity contribution in [3.8, 4) is 51.0 Å². The molecule has 6 aromatic carbocycles. The predicted molar refractivity (Wildman–Crippen MR) is 201 cm³/mol. The maximum atomic E-state index is 6.15. The quantitative estimate of drug-likeness (QED) is 0.187. The summed E-state index contributed by atoms with van der Waals surface area (Å²) in [7, 11) is 0. The van der Waals surface area contributed by atoms with Gasteiger partial charge in [0.2, 0.25) is 0 Å². The topological polar surface area (TPSA) is 69.6 Å². The average molecular weight is 642 g/mol. The van der Waals surface area contributed by atoms with Crippen molar-refractivity contribution in [1.82, 2.24) is 24.5 Å². The van der Waals surface area contributed by atoms with Crippen LogP contribution in [-0.2, 0) is 0 Å². The summed E-state index contributed by atoms with van der Waals surface area (Å²) in [6.45, 7) is 0. The van der Waals surface area contributed by atoms with Gasteiger partial charge in [0.15, 0.2) is 23.1 Å². The van der Waals surface area contributed by atoms with Crippen LogP contribution in [0, 0.1) is 0 Å². The summed E-state index contributed by atoms with van der Waals surface area (Å²) in [4.78, 5) is 19.5. The molecule has 10 aromatic rings. The zero-order chi connectivity index (χ0) is 33.0. The maximum Gasteiger partial charge on any atom is 0.164 e. The van der Waals surface area contributed by atoms with Gasteiger partial charge in [0, 0.05) is 50.1 Å². The lowest BCUT2D eigenvalue weighted by atomic mass is 9.98. The zero-order valence-electron chi connectivity index (χ0n) is 26.7. The highest BCUT2D eigenvalue weighted by Crippen LogP contribution is 2.38. The van der Waals surface area contributed by atoms with Crippen LogP contribution in [0.15, 0.2) is 168 Å². The first kappa shape index (κ1) is 28.1. The van der Waals surface area contributed by atoms with Crippen LogP contribution in [-0.4, -0.2) is 24.5 Å². The van der Waals surface area contributed by atoms with Crippen molar-refractivity contribution in [3.63, 3.8) is 0 Å². The molecule has 0 saturated carbocycles. The highest BCUT2D eigenvalue weighted by atomic mass is 16.3. The second-order valence-corrected chi connectivity index (χ2v) is 12.3. The molecule has 0 unspecified atom stereocenters. The molecule has 234 valence electrons. The summed E-state index contributed by atoms with van der Waals surface area (Å²) in [6.07, 6.45) is 3.57. The number of hydrogen-bond donors (Lipinski definition) is 0. The van der Waals surface area contributed by atoms with Crippen LogP contribution in [0.3, 0.4) is 0 Å². The molecule has 0 aliphatic heterocycles. The standard InChI is InChI=1S/C44H27N5O/c1-2-11-28(12-3-1)42-46-43(30-14-8-13-29(25-30)33-19-10-22-39-41(33)36-23-24-45-27-40(36)50-39)48-44(47-42)31-15-9-16-32(26-31)49-37-20-6-4-17-34(37)35-18-5-7-21-38(35)49/h1-27H. The monoisotopic (exact) mass is 641 g/mol. The molecule has 4 aromatic heterocycles. The van der Waals surface area contributed by atoms with Crippen LogP contribution in [0.25, 0.3) is 94.7 Å². The third kappa shape index (κ3) is 4.58. The van der Waals surface area contributed by atoms with Gasteiger partial charge < -0.3 is 8.98 Å². The van der Waals surface area contributed by atoms with Crippen LogP contribution < -0.4 is 0 Å². The maximum absolute atomic E-state index is 6.15. The molecule has 50 heavy (non-hydrogen) atoms. The van der Waals surface area contributed by atoms with E-state index in [0.717, 1.165) is 66.5 Å². The minimum atomic E-state index is 0.603. The normalized spacial score (nSPS) is 11.6. The Labute approximate surface area is 287 Å². The number of para-hydroxylation sites is 2. The van der Waals surface area contributed by atoms with E-state index in [2.05, 4.69) is 113 Å². The van der Waals surface area contributed by atoms with E-state index in [0.29, 0.717) is 17.5 Å². The summed E-state index contributed by atoms with van der Waals surface area (Å²) in [6, 6.07) is 52.2. The Bertz CT molecular complexity index is 2840. The fourth-order valence-electron chi connectivity index (χ4n) is 7.08. The van der Waals surface area contributed by atoms with Crippen LogP contribution in [0.1, 0.15) is 0 Å². The summed E-state index contributed by atoms with van der Waals surface area (Å²) < 4.78 is 8.46. The molecule has 0 bridgehead atoms. The number of nitrogens with zero attached hydrogens (tertiary/aromatic N) is 5. The molecular formula is C44H27N5O. The number of benzene rings is 6. The molecule has 0 N–H and O–H groups in total. The highest BCUT2D eigenvalue weighted by molar-refractivity contribution is 6.12. The Hall–Kier alpha value is -6.92. The minimum absolute atomic E-state index is 0.603. The molecule has 0 aliphatic rings. The first-order chi connectivity index (χ1) is 24.8. The average Bonchev–Trinajstić information content (AvgIpc) is 3.74. The van der Waals surface area contributed by atoms with Crippen LogP contribution in [0.5, 0.6) is 0 Å². The lowest BCUT2D eigenvalue weighted by Gasteiger charge is -2.12. The molecule has 0 fully saturated rings. The van der Waals surface area contributed by atoms with Crippen molar-refractivity contribution in [2.24, 2.45) is 0 Å². The second-order valence-electron chi connectivity index (χ2n) is 12.3. The zero-order valence-corrected chi connectivity index (χ0v) is 26.7. The third-order valence-electron chi connectivity index (χ3n) is 9.34. The molecule has 0 saturated heterocycles. The van der Waals surface area contributed by atoms with E-state index in [9.17, 15) is 0 Å². The number of rotatable bonds is 5. The van der Waals surface area contributed by atoms with E-state index in [-0.39, 0.29) is 0 Å². The van der Waals surface area contributed by atoms with Crippen molar-refractivity contribution in [2.45, 2.75) is 0 Å². The molecule has 0 atom stereocenters. The van der Waals surface area contributed by atoms with Crippen molar-refractivity contribution >= 4 is 43.7 Å². The minimum Gasteiger partial charge on any atom is -0.454 e. The van der Waals surface area contributed by atoms with Gasteiger partial charge in [-0.25, -0.2) is 15.0 Å². The summed E-state index contributed by atoms with van der Waals surface area (Å²) in [5, 5.41) is 4.54. The second kappa shape index (κ2) is 11.4. The fourth-order valence-corrected chi connectivity index (χ4v) is 7.08. The van der Waals surface area contributed by atoms with Gasteiger partial charge in [-0.1, -0.05) is 109 Å². The van der Waals surface area contributed by atoms with E-state index in [1.54, 1.807) is 12.4 Å². The molecular weight excluding hydrogens is 615 g/mol. The molecule has 0 radical (unpaired) electrons. The Kier molecular flexibility index (Phi) is 6.39. The van der Waals surface area contributed by atoms with E-state index >= 15 is 0 Å². The van der Waals surface area contributed by atoms with Gasteiger partial charge in [0.1, 0.15) is 5.58 Å². The predicted octanol–water partition coefficient (Wildman–Crippen LogP) is 10.9. The Morgan fingerprint density at radius 3 is 1.80 bits per heavy atom. The Morgan fingerprint density at radius 1 is 0.440 bits per heavy atom. The first-order valence-electron chi connectivity index (χ1n) is 16.5. The van der Waals surface area contributed by atoms with Crippen LogP contribution in [0.4, 0.5) is 0 Å². The van der Waals surface area contributed by atoms with Gasteiger partial charge in [-0.15, -0.1) is 0 Å². The van der Waals surface area contributed by atoms with Gasteiger partial charge in [0.25, 0.3) is 0 Å². The summed E-state index contributed by atoms with van der Waals surface area (Å²) in [5.74, 6) is 1.83. The largest absolute Gasteiger partial charge is 0.454 e. The van der Waals surface area contributed by atoms with E-state index in [1.165, 1.54) is 10.8 Å². The Balaban J connectivity index is 1.14. The number of fused-ring (bicyclic) bond motifs is 6. The van der Waals surface area contributed by atoms with E-state index in [1.807, 2.05) is 48.5 Å². The smallest absolute Gasteiger partial charge is 0.164 e. The highest BCUT2D eigenvalue weighted by Gasteiger charge is 2.17. The van der Waals surface area contributed by atoms with Gasteiger partial charge in [-0.05, 0) is 53.6 Å². The number of furan rings is 1. The molecule has 6 heteroatoms. The van der Waals surface area contributed by atoms with Crippen LogP contribution in [0.2, 0.25) is 0 Å². The fraction of sp³-hybridized carbons (Fsp3) is 0. The van der Waals surface area contributed by atoms with E-state index < -0.39 is 0 Å². The molecule has 6 nitrogen and oxygen atoms in total. The summed E-state index contributed by atoms with van der Waals surface area (Å²) >= 11 is 0. The molecule has 4 heterocycles. The third-order valence-corrected chi connectivity index (χ3v) is 9.34. The van der Waals surface area contributed by atoms with Crippen molar-refractivity contribution in [3.05, 3.63) is 164 Å². The van der Waals surface area contributed by atoms with Gasteiger partial charge >= 0.3 is 0 Å². The number of aromatic nitrogens is 5. The number of hydrogen-bond acceptors (Lipinski definition) is 5. The molecule has 0 spiro atoms. The summed E-state index contributed by atoms with van der Waals surface area (Å²) in [5.41, 5.74) is 9.79. The molecule has 0 amide bonds. The van der Waals surface area contributed by atoms with Gasteiger partial charge in [-0.3, -0.25) is 4.98 Å². The number of pyridine rings is 1. The molecule has 0 aliphatic carbocycles.